The Hall–Kier alpha value is -3.86. The van der Waals surface area contributed by atoms with Gasteiger partial charge < -0.3 is 14.5 Å². The van der Waals surface area contributed by atoms with Crippen LogP contribution in [0.25, 0.3) is 27.7 Å². The third kappa shape index (κ3) is 4.67. The van der Waals surface area contributed by atoms with Crippen LogP contribution in [-0.4, -0.2) is 12.5 Å². The Morgan fingerprint density at radius 2 is 1.88 bits per heavy atom. The van der Waals surface area contributed by atoms with Gasteiger partial charge in [-0.25, -0.2) is 4.39 Å². The maximum atomic E-state index is 13.5. The molecule has 4 rings (SSSR count). The van der Waals surface area contributed by atoms with Crippen molar-refractivity contribution in [1.29, 1.82) is 0 Å². The lowest BCUT2D eigenvalue weighted by atomic mass is 9.96. The van der Waals surface area contributed by atoms with E-state index in [1.165, 1.54) is 23.8 Å². The van der Waals surface area contributed by atoms with Gasteiger partial charge in [-0.2, -0.15) is 0 Å². The topological polar surface area (TPSA) is 51.5 Å². The Morgan fingerprint density at radius 1 is 1.12 bits per heavy atom. The number of amides is 1. The maximum Gasteiger partial charge on any atom is 0.248 e. The van der Waals surface area contributed by atoms with Gasteiger partial charge in [-0.05, 0) is 63.1 Å². The second-order valence-electron chi connectivity index (χ2n) is 8.03. The number of fused-ring (bicyclic) bond motifs is 1. The highest BCUT2D eigenvalue weighted by Gasteiger charge is 2.19. The number of furan rings is 1. The van der Waals surface area contributed by atoms with Crippen LogP contribution in [0.4, 0.5) is 10.1 Å². The average molecular weight is 444 g/mol. The fourth-order valence-corrected chi connectivity index (χ4v) is 3.91. The van der Waals surface area contributed by atoms with Crippen molar-refractivity contribution in [3.63, 3.8) is 0 Å². The molecule has 0 saturated carbocycles. The van der Waals surface area contributed by atoms with Crippen molar-refractivity contribution in [3.05, 3.63) is 89.4 Å². The van der Waals surface area contributed by atoms with Crippen molar-refractivity contribution < 1.29 is 18.3 Å². The number of benzene rings is 3. The van der Waals surface area contributed by atoms with E-state index in [1.54, 1.807) is 18.4 Å². The zero-order valence-electron chi connectivity index (χ0n) is 19.2. The summed E-state index contributed by atoms with van der Waals surface area (Å²) in [5.74, 6) is -0.0665. The predicted molar refractivity (Wildman–Crippen MR) is 131 cm³/mol. The van der Waals surface area contributed by atoms with E-state index in [1.807, 2.05) is 26.8 Å². The summed E-state index contributed by atoms with van der Waals surface area (Å²) in [4.78, 5) is 12.6. The Balaban J connectivity index is 1.78. The van der Waals surface area contributed by atoms with E-state index in [0.29, 0.717) is 18.0 Å². The van der Waals surface area contributed by atoms with E-state index in [2.05, 4.69) is 36.5 Å². The SMILES string of the molecule is CCOc1c(/C(C)=C/C(=O)Nc2cccc(F)c2)cc2c(-c3ccc(C)cc3)coc2c1C. The van der Waals surface area contributed by atoms with Gasteiger partial charge in [0.05, 0.1) is 12.9 Å². The van der Waals surface area contributed by atoms with Gasteiger partial charge in [-0.1, -0.05) is 35.9 Å². The van der Waals surface area contributed by atoms with E-state index in [0.717, 1.165) is 38.8 Å². The number of anilines is 1. The number of allylic oxidation sites excluding steroid dienone is 1. The quantitative estimate of drug-likeness (QED) is 0.318. The Labute approximate surface area is 192 Å². The normalized spacial score (nSPS) is 11.6. The van der Waals surface area contributed by atoms with Gasteiger partial charge in [-0.3, -0.25) is 4.79 Å². The van der Waals surface area contributed by atoms with Crippen LogP contribution in [-0.2, 0) is 4.79 Å². The molecular formula is C28H26FNO3. The molecule has 0 spiro atoms. The largest absolute Gasteiger partial charge is 0.493 e. The summed E-state index contributed by atoms with van der Waals surface area (Å²) in [5, 5.41) is 3.66. The fraction of sp³-hybridized carbons (Fsp3) is 0.179. The molecule has 0 unspecified atom stereocenters. The number of aryl methyl sites for hydroxylation is 2. The first-order valence-corrected chi connectivity index (χ1v) is 10.9. The summed E-state index contributed by atoms with van der Waals surface area (Å²) < 4.78 is 25.4. The molecule has 33 heavy (non-hydrogen) atoms. The summed E-state index contributed by atoms with van der Waals surface area (Å²) in [6.07, 6.45) is 3.26. The molecule has 0 aliphatic heterocycles. The Kier molecular flexibility index (Phi) is 6.31. The lowest BCUT2D eigenvalue weighted by Gasteiger charge is -2.15. The van der Waals surface area contributed by atoms with Gasteiger partial charge in [0, 0.05) is 33.8 Å². The molecule has 1 amide bonds. The predicted octanol–water partition coefficient (Wildman–Crippen LogP) is 7.30. The van der Waals surface area contributed by atoms with Gasteiger partial charge >= 0.3 is 0 Å². The molecule has 3 aromatic carbocycles. The van der Waals surface area contributed by atoms with Gasteiger partial charge in [0.1, 0.15) is 17.1 Å². The summed E-state index contributed by atoms with van der Waals surface area (Å²) in [6, 6.07) is 16.1. The van der Waals surface area contributed by atoms with Crippen molar-refractivity contribution in [3.8, 4) is 16.9 Å². The first-order chi connectivity index (χ1) is 15.9. The van der Waals surface area contributed by atoms with Crippen LogP contribution >= 0.6 is 0 Å². The summed E-state index contributed by atoms with van der Waals surface area (Å²) in [5.41, 5.74) is 6.80. The minimum atomic E-state index is -0.406. The van der Waals surface area contributed by atoms with Crippen LogP contribution < -0.4 is 10.1 Å². The molecule has 0 radical (unpaired) electrons. The van der Waals surface area contributed by atoms with Gasteiger partial charge in [-0.15, -0.1) is 0 Å². The van der Waals surface area contributed by atoms with E-state index < -0.39 is 5.82 Å². The minimum absolute atomic E-state index is 0.343. The monoisotopic (exact) mass is 443 g/mol. The molecule has 4 nitrogen and oxygen atoms in total. The van der Waals surface area contributed by atoms with Crippen LogP contribution in [0, 0.1) is 19.7 Å². The van der Waals surface area contributed by atoms with Crippen molar-refractivity contribution in [2.24, 2.45) is 0 Å². The number of nitrogens with one attached hydrogen (secondary N) is 1. The zero-order valence-corrected chi connectivity index (χ0v) is 19.2. The van der Waals surface area contributed by atoms with Crippen LogP contribution in [0.5, 0.6) is 5.75 Å². The maximum absolute atomic E-state index is 13.5. The molecule has 1 heterocycles. The lowest BCUT2D eigenvalue weighted by molar-refractivity contribution is -0.111. The molecule has 0 bridgehead atoms. The van der Waals surface area contributed by atoms with Crippen molar-refractivity contribution in [1.82, 2.24) is 0 Å². The summed E-state index contributed by atoms with van der Waals surface area (Å²) >= 11 is 0. The van der Waals surface area contributed by atoms with Crippen molar-refractivity contribution in [2.75, 3.05) is 11.9 Å². The highest BCUT2D eigenvalue weighted by atomic mass is 19.1. The van der Waals surface area contributed by atoms with Crippen molar-refractivity contribution in [2.45, 2.75) is 27.7 Å². The summed E-state index contributed by atoms with van der Waals surface area (Å²) in [6.45, 7) is 8.27. The molecule has 0 fully saturated rings. The van der Waals surface area contributed by atoms with Gasteiger partial charge in [0.25, 0.3) is 0 Å². The second-order valence-corrected chi connectivity index (χ2v) is 8.03. The van der Waals surface area contributed by atoms with Crippen LogP contribution in [0.1, 0.15) is 30.5 Å². The number of hydrogen-bond donors (Lipinski definition) is 1. The molecule has 0 saturated heterocycles. The molecular weight excluding hydrogens is 417 g/mol. The number of halogens is 1. The molecule has 4 aromatic rings. The van der Waals surface area contributed by atoms with Gasteiger partial charge in [0.15, 0.2) is 0 Å². The van der Waals surface area contributed by atoms with E-state index in [4.69, 9.17) is 9.15 Å². The van der Waals surface area contributed by atoms with E-state index in [-0.39, 0.29) is 5.91 Å². The zero-order chi connectivity index (χ0) is 23.5. The summed E-state index contributed by atoms with van der Waals surface area (Å²) in [7, 11) is 0. The number of hydrogen-bond acceptors (Lipinski definition) is 3. The van der Waals surface area contributed by atoms with Crippen molar-refractivity contribution >= 4 is 28.1 Å². The molecule has 5 heteroatoms. The smallest absolute Gasteiger partial charge is 0.248 e. The van der Waals surface area contributed by atoms with Gasteiger partial charge in [0.2, 0.25) is 5.91 Å². The first-order valence-electron chi connectivity index (χ1n) is 10.9. The Morgan fingerprint density at radius 3 is 2.58 bits per heavy atom. The van der Waals surface area contributed by atoms with Crippen LogP contribution in [0.3, 0.4) is 0 Å². The number of carbonyl (C=O) groups is 1. The van der Waals surface area contributed by atoms with E-state index >= 15 is 0 Å². The number of carbonyl (C=O) groups excluding carboxylic acids is 1. The molecule has 0 aliphatic rings. The molecule has 168 valence electrons. The van der Waals surface area contributed by atoms with Crippen LogP contribution in [0.2, 0.25) is 0 Å². The third-order valence-electron chi connectivity index (χ3n) is 5.56. The fourth-order valence-electron chi connectivity index (χ4n) is 3.91. The highest BCUT2D eigenvalue weighted by Crippen LogP contribution is 2.40. The number of rotatable bonds is 6. The standard InChI is InChI=1S/C28H26FNO3/c1-5-32-27-19(4)28-24(25(16-33-28)20-11-9-17(2)10-12-20)15-23(27)18(3)13-26(31)30-22-8-6-7-21(29)14-22/h6-16H,5H2,1-4H3,(H,30,31)/b18-13+. The Bertz CT molecular complexity index is 1350. The van der Waals surface area contributed by atoms with Crippen LogP contribution in [0.15, 0.2) is 71.4 Å². The van der Waals surface area contributed by atoms with E-state index in [9.17, 15) is 9.18 Å². The minimum Gasteiger partial charge on any atom is -0.493 e. The lowest BCUT2D eigenvalue weighted by Crippen LogP contribution is -2.09. The highest BCUT2D eigenvalue weighted by molar-refractivity contribution is 6.06. The number of ether oxygens (including phenoxy) is 1. The molecule has 0 aliphatic carbocycles. The first kappa shape index (κ1) is 22.3. The second kappa shape index (κ2) is 9.33. The molecule has 1 N–H and O–H groups in total. The molecule has 0 atom stereocenters. The third-order valence-corrected chi connectivity index (χ3v) is 5.56. The average Bonchev–Trinajstić information content (AvgIpc) is 3.20. The molecule has 1 aromatic heterocycles.